The van der Waals surface area contributed by atoms with Crippen LogP contribution in [0.4, 0.5) is 22.0 Å². The Hall–Kier alpha value is -2.37. The molecule has 0 saturated heterocycles. The van der Waals surface area contributed by atoms with Gasteiger partial charge in [0.15, 0.2) is 0 Å². The molecule has 5 nitrogen and oxygen atoms in total. The maximum Gasteiger partial charge on any atom is 0.223 e. The van der Waals surface area contributed by atoms with Crippen LogP contribution in [0.15, 0.2) is 30.3 Å². The fourth-order valence-corrected chi connectivity index (χ4v) is 1.64. The molecule has 6 heteroatoms. The maximum atomic E-state index is 13.1. The third kappa shape index (κ3) is 2.85. The van der Waals surface area contributed by atoms with E-state index in [4.69, 9.17) is 11.5 Å². The number of nitrogens with zero attached hydrogens (tertiary/aromatic N) is 2. The Morgan fingerprint density at radius 2 is 2.00 bits per heavy atom. The van der Waals surface area contributed by atoms with Gasteiger partial charge in [-0.25, -0.2) is 4.39 Å². The van der Waals surface area contributed by atoms with Gasteiger partial charge in [0.2, 0.25) is 5.95 Å². The summed E-state index contributed by atoms with van der Waals surface area (Å²) in [6.45, 7) is 1.89. The highest BCUT2D eigenvalue weighted by atomic mass is 19.1. The molecule has 0 aliphatic rings. The molecule has 0 radical (unpaired) electrons. The third-order valence-electron chi connectivity index (χ3n) is 2.48. The van der Waals surface area contributed by atoms with E-state index in [9.17, 15) is 4.39 Å². The normalized spacial score (nSPS) is 12.1. The fraction of sp³-hybridized carbons (Fsp3) is 0.167. The largest absolute Gasteiger partial charge is 0.383 e. The van der Waals surface area contributed by atoms with Crippen molar-refractivity contribution >= 4 is 17.6 Å². The molecule has 1 unspecified atom stereocenters. The van der Waals surface area contributed by atoms with Crippen LogP contribution in [0.5, 0.6) is 0 Å². The molecule has 0 bridgehead atoms. The SMILES string of the molecule is CC(Nc1cc(N)nc(N)n1)c1cccc(F)c1. The summed E-state index contributed by atoms with van der Waals surface area (Å²) in [5.74, 6) is 0.625. The van der Waals surface area contributed by atoms with E-state index in [1.165, 1.54) is 12.1 Å². The van der Waals surface area contributed by atoms with Gasteiger partial charge in [0.05, 0.1) is 6.04 Å². The molecular weight excluding hydrogens is 233 g/mol. The predicted octanol–water partition coefficient (Wildman–Crippen LogP) is 1.95. The molecule has 1 heterocycles. The van der Waals surface area contributed by atoms with Gasteiger partial charge in [0.25, 0.3) is 0 Å². The zero-order chi connectivity index (χ0) is 13.1. The van der Waals surface area contributed by atoms with Crippen molar-refractivity contribution in [3.05, 3.63) is 41.7 Å². The van der Waals surface area contributed by atoms with Gasteiger partial charge in [-0.15, -0.1) is 0 Å². The molecule has 5 N–H and O–H groups in total. The highest BCUT2D eigenvalue weighted by molar-refractivity contribution is 5.49. The van der Waals surface area contributed by atoms with E-state index >= 15 is 0 Å². The summed E-state index contributed by atoms with van der Waals surface area (Å²) in [4.78, 5) is 7.78. The standard InChI is InChI=1S/C12H14FN5/c1-7(8-3-2-4-9(13)5-8)16-11-6-10(14)17-12(15)18-11/h2-7H,1H3,(H5,14,15,16,17,18). The molecule has 2 aromatic rings. The Morgan fingerprint density at radius 3 is 2.67 bits per heavy atom. The van der Waals surface area contributed by atoms with Crippen molar-refractivity contribution < 1.29 is 4.39 Å². The molecule has 1 aromatic carbocycles. The number of aromatic nitrogens is 2. The maximum absolute atomic E-state index is 13.1. The van der Waals surface area contributed by atoms with Gasteiger partial charge in [0, 0.05) is 6.07 Å². The van der Waals surface area contributed by atoms with Crippen LogP contribution in [0.1, 0.15) is 18.5 Å². The summed E-state index contributed by atoms with van der Waals surface area (Å²) in [7, 11) is 0. The van der Waals surface area contributed by atoms with Crippen LogP contribution in [-0.2, 0) is 0 Å². The first-order chi connectivity index (χ1) is 8.54. The monoisotopic (exact) mass is 247 g/mol. The van der Waals surface area contributed by atoms with Gasteiger partial charge in [-0.2, -0.15) is 9.97 Å². The molecule has 0 amide bonds. The molecule has 0 aliphatic heterocycles. The molecule has 0 fully saturated rings. The summed E-state index contributed by atoms with van der Waals surface area (Å²) < 4.78 is 13.1. The van der Waals surface area contributed by atoms with Crippen LogP contribution in [0, 0.1) is 5.82 Å². The Bertz CT molecular complexity index is 538. The van der Waals surface area contributed by atoms with Crippen LogP contribution in [0.25, 0.3) is 0 Å². The highest BCUT2D eigenvalue weighted by Crippen LogP contribution is 2.19. The van der Waals surface area contributed by atoms with Gasteiger partial charge >= 0.3 is 0 Å². The molecule has 2 rings (SSSR count). The molecular formula is C12H14FN5. The summed E-state index contributed by atoms with van der Waals surface area (Å²) >= 11 is 0. The number of nitrogens with one attached hydrogen (secondary N) is 1. The zero-order valence-electron chi connectivity index (χ0n) is 9.89. The molecule has 1 atom stereocenters. The van der Waals surface area contributed by atoms with E-state index in [1.807, 2.05) is 13.0 Å². The molecule has 1 aromatic heterocycles. The van der Waals surface area contributed by atoms with Gasteiger partial charge in [-0.1, -0.05) is 12.1 Å². The number of hydrogen-bond donors (Lipinski definition) is 3. The lowest BCUT2D eigenvalue weighted by molar-refractivity contribution is 0.623. The Balaban J connectivity index is 2.18. The van der Waals surface area contributed by atoms with E-state index in [0.29, 0.717) is 5.82 Å². The van der Waals surface area contributed by atoms with Gasteiger partial charge in [0.1, 0.15) is 17.5 Å². The van der Waals surface area contributed by atoms with Crippen LogP contribution < -0.4 is 16.8 Å². The number of hydrogen-bond acceptors (Lipinski definition) is 5. The summed E-state index contributed by atoms with van der Waals surface area (Å²) in [5.41, 5.74) is 11.9. The summed E-state index contributed by atoms with van der Waals surface area (Å²) in [5, 5.41) is 3.09. The topological polar surface area (TPSA) is 89.8 Å². The second-order valence-corrected chi connectivity index (χ2v) is 3.96. The second-order valence-electron chi connectivity index (χ2n) is 3.96. The highest BCUT2D eigenvalue weighted by Gasteiger charge is 2.08. The average Bonchev–Trinajstić information content (AvgIpc) is 2.27. The van der Waals surface area contributed by atoms with Crippen LogP contribution >= 0.6 is 0 Å². The second kappa shape index (κ2) is 4.87. The van der Waals surface area contributed by atoms with Gasteiger partial charge in [-0.3, -0.25) is 0 Å². The quantitative estimate of drug-likeness (QED) is 0.771. The minimum atomic E-state index is -0.275. The minimum Gasteiger partial charge on any atom is -0.383 e. The minimum absolute atomic E-state index is 0.101. The molecule has 0 aliphatic carbocycles. The molecule has 18 heavy (non-hydrogen) atoms. The fourth-order valence-electron chi connectivity index (χ4n) is 1.64. The van der Waals surface area contributed by atoms with E-state index in [2.05, 4.69) is 15.3 Å². The van der Waals surface area contributed by atoms with Crippen molar-refractivity contribution in [3.8, 4) is 0 Å². The Kier molecular flexibility index (Phi) is 3.27. The predicted molar refractivity (Wildman–Crippen MR) is 69.3 cm³/mol. The van der Waals surface area contributed by atoms with E-state index in [-0.39, 0.29) is 23.6 Å². The van der Waals surface area contributed by atoms with Crippen molar-refractivity contribution in [3.63, 3.8) is 0 Å². The first-order valence-corrected chi connectivity index (χ1v) is 5.46. The number of halogens is 1. The number of nitrogens with two attached hydrogens (primary N) is 2. The van der Waals surface area contributed by atoms with Gasteiger partial charge < -0.3 is 16.8 Å². The van der Waals surface area contributed by atoms with Crippen LogP contribution in [-0.4, -0.2) is 9.97 Å². The van der Waals surface area contributed by atoms with Crippen LogP contribution in [0.3, 0.4) is 0 Å². The van der Waals surface area contributed by atoms with E-state index in [0.717, 1.165) is 5.56 Å². The number of benzene rings is 1. The van der Waals surface area contributed by atoms with Crippen molar-refractivity contribution in [2.24, 2.45) is 0 Å². The molecule has 0 spiro atoms. The lowest BCUT2D eigenvalue weighted by atomic mass is 10.1. The van der Waals surface area contributed by atoms with Gasteiger partial charge in [-0.05, 0) is 24.6 Å². The van der Waals surface area contributed by atoms with Crippen molar-refractivity contribution in [2.75, 3.05) is 16.8 Å². The van der Waals surface area contributed by atoms with Crippen molar-refractivity contribution in [2.45, 2.75) is 13.0 Å². The number of rotatable bonds is 3. The zero-order valence-corrected chi connectivity index (χ0v) is 9.89. The number of nitrogen functional groups attached to an aromatic ring is 2. The average molecular weight is 247 g/mol. The van der Waals surface area contributed by atoms with Crippen LogP contribution in [0.2, 0.25) is 0 Å². The van der Waals surface area contributed by atoms with E-state index < -0.39 is 0 Å². The van der Waals surface area contributed by atoms with E-state index in [1.54, 1.807) is 12.1 Å². The third-order valence-corrected chi connectivity index (χ3v) is 2.48. The smallest absolute Gasteiger partial charge is 0.223 e. The number of anilines is 3. The van der Waals surface area contributed by atoms with Crippen molar-refractivity contribution in [1.29, 1.82) is 0 Å². The first-order valence-electron chi connectivity index (χ1n) is 5.46. The Morgan fingerprint density at radius 1 is 1.22 bits per heavy atom. The lowest BCUT2D eigenvalue weighted by Crippen LogP contribution is -2.10. The molecule has 94 valence electrons. The van der Waals surface area contributed by atoms with Crippen molar-refractivity contribution in [1.82, 2.24) is 9.97 Å². The first kappa shape index (κ1) is 12.1. The summed E-state index contributed by atoms with van der Waals surface area (Å²) in [6.07, 6.45) is 0. The molecule has 0 saturated carbocycles. The Labute approximate surface area is 104 Å². The lowest BCUT2D eigenvalue weighted by Gasteiger charge is -2.15. The summed E-state index contributed by atoms with van der Waals surface area (Å²) in [6, 6.07) is 7.81.